The van der Waals surface area contributed by atoms with Crippen molar-refractivity contribution in [3.8, 4) is 0 Å². The molecule has 2 rings (SSSR count). The number of nitrogens with one attached hydrogen (secondary N) is 1. The van der Waals surface area contributed by atoms with E-state index in [0.29, 0.717) is 6.54 Å². The molecule has 4 N–H and O–H groups in total. The molecule has 0 fully saturated rings. The number of aliphatic hydroxyl groups is 1. The molecule has 0 aliphatic rings. The number of nitrogens with two attached hydrogens (primary N) is 1. The summed E-state index contributed by atoms with van der Waals surface area (Å²) in [7, 11) is 0. The van der Waals surface area contributed by atoms with Crippen LogP contribution in [0.5, 0.6) is 0 Å². The predicted octanol–water partition coefficient (Wildman–Crippen LogP) is 1.05. The van der Waals surface area contributed by atoms with Crippen molar-refractivity contribution in [2.75, 3.05) is 13.2 Å². The number of aromatic nitrogens is 1. The summed E-state index contributed by atoms with van der Waals surface area (Å²) in [5.74, 6) is 0. The van der Waals surface area contributed by atoms with Crippen molar-refractivity contribution >= 4 is 28.2 Å². The van der Waals surface area contributed by atoms with E-state index >= 15 is 0 Å². The van der Waals surface area contributed by atoms with E-state index in [9.17, 15) is 0 Å². The number of nitrogens with zero attached hydrogens (tertiary/aromatic N) is 1. The van der Waals surface area contributed by atoms with Crippen LogP contribution in [0.15, 0.2) is 42.6 Å². The molecule has 0 radical (unpaired) electrons. The minimum atomic E-state index is 0.0668. The van der Waals surface area contributed by atoms with Gasteiger partial charge in [0.05, 0.1) is 12.1 Å². The van der Waals surface area contributed by atoms with Crippen molar-refractivity contribution in [2.24, 2.45) is 5.73 Å². The van der Waals surface area contributed by atoms with Crippen molar-refractivity contribution in [3.05, 3.63) is 42.6 Å². The summed E-state index contributed by atoms with van der Waals surface area (Å²) in [6.07, 6.45) is 1.81. The fourth-order valence-electron chi connectivity index (χ4n) is 1.20. The molecule has 0 bridgehead atoms. The SMILES string of the molecule is NC(=S)NCCO.c1ccc2ncccc2c1. The lowest BCUT2D eigenvalue weighted by Crippen LogP contribution is -2.31. The number of pyridine rings is 1. The molecule has 0 unspecified atom stereocenters. The second kappa shape index (κ2) is 7.54. The summed E-state index contributed by atoms with van der Waals surface area (Å²) >= 11 is 4.42. The van der Waals surface area contributed by atoms with Crippen molar-refractivity contribution in [2.45, 2.75) is 0 Å². The highest BCUT2D eigenvalue weighted by Crippen LogP contribution is 2.07. The van der Waals surface area contributed by atoms with E-state index in [0.717, 1.165) is 5.52 Å². The Labute approximate surface area is 105 Å². The molecule has 17 heavy (non-hydrogen) atoms. The molecule has 0 saturated carbocycles. The molecular weight excluding hydrogens is 234 g/mol. The highest BCUT2D eigenvalue weighted by molar-refractivity contribution is 7.80. The number of hydrogen-bond donors (Lipinski definition) is 3. The predicted molar refractivity (Wildman–Crippen MR) is 73.6 cm³/mol. The minimum Gasteiger partial charge on any atom is -0.395 e. The van der Waals surface area contributed by atoms with Gasteiger partial charge < -0.3 is 16.2 Å². The van der Waals surface area contributed by atoms with Gasteiger partial charge in [-0.1, -0.05) is 24.3 Å². The smallest absolute Gasteiger partial charge is 0.163 e. The number of hydrogen-bond acceptors (Lipinski definition) is 3. The topological polar surface area (TPSA) is 71.2 Å². The Hall–Kier alpha value is -1.72. The Morgan fingerprint density at radius 1 is 1.29 bits per heavy atom. The molecule has 0 aliphatic heterocycles. The van der Waals surface area contributed by atoms with Crippen LogP contribution < -0.4 is 11.1 Å². The minimum absolute atomic E-state index is 0.0668. The van der Waals surface area contributed by atoms with Crippen LogP contribution in [0.4, 0.5) is 0 Å². The Balaban J connectivity index is 0.000000185. The van der Waals surface area contributed by atoms with Gasteiger partial charge in [0, 0.05) is 18.1 Å². The summed E-state index contributed by atoms with van der Waals surface area (Å²) in [4.78, 5) is 4.18. The van der Waals surface area contributed by atoms with Crippen LogP contribution in [-0.2, 0) is 0 Å². The molecule has 0 atom stereocenters. The van der Waals surface area contributed by atoms with E-state index in [1.807, 2.05) is 30.5 Å². The van der Waals surface area contributed by atoms with E-state index < -0.39 is 0 Å². The van der Waals surface area contributed by atoms with Gasteiger partial charge in [0.1, 0.15) is 0 Å². The quantitative estimate of drug-likeness (QED) is 0.694. The van der Waals surface area contributed by atoms with Crippen LogP contribution >= 0.6 is 12.2 Å². The first-order chi connectivity index (χ1) is 8.24. The van der Waals surface area contributed by atoms with Crippen LogP contribution in [0.25, 0.3) is 10.9 Å². The number of thiocarbonyl (C=S) groups is 1. The zero-order valence-corrected chi connectivity index (χ0v) is 10.2. The summed E-state index contributed by atoms with van der Waals surface area (Å²) < 4.78 is 0. The monoisotopic (exact) mass is 249 g/mol. The number of rotatable bonds is 2. The van der Waals surface area contributed by atoms with Crippen LogP contribution in [0, 0.1) is 0 Å². The van der Waals surface area contributed by atoms with E-state index in [4.69, 9.17) is 10.8 Å². The Morgan fingerprint density at radius 3 is 2.59 bits per heavy atom. The highest BCUT2D eigenvalue weighted by atomic mass is 32.1. The Kier molecular flexibility index (Phi) is 5.92. The summed E-state index contributed by atoms with van der Waals surface area (Å²) in [5, 5.41) is 12.1. The van der Waals surface area contributed by atoms with Gasteiger partial charge in [-0.2, -0.15) is 0 Å². The fraction of sp³-hybridized carbons (Fsp3) is 0.167. The molecule has 0 amide bonds. The standard InChI is InChI=1S/C9H7N.C3H8N2OS/c1-2-6-9-8(4-1)5-3-7-10-9;4-3(7)5-1-2-6/h1-7H;6H,1-2H2,(H3,4,5,7). The van der Waals surface area contributed by atoms with E-state index in [2.05, 4.69) is 34.7 Å². The number of fused-ring (bicyclic) bond motifs is 1. The van der Waals surface area contributed by atoms with E-state index in [-0.39, 0.29) is 11.7 Å². The maximum absolute atomic E-state index is 8.14. The molecule has 0 aliphatic carbocycles. The third-order valence-electron chi connectivity index (χ3n) is 1.92. The highest BCUT2D eigenvalue weighted by Gasteiger charge is 1.86. The van der Waals surface area contributed by atoms with Crippen molar-refractivity contribution in [1.29, 1.82) is 0 Å². The van der Waals surface area contributed by atoms with Crippen LogP contribution in [0.1, 0.15) is 0 Å². The molecule has 1 heterocycles. The molecule has 5 heteroatoms. The van der Waals surface area contributed by atoms with Gasteiger partial charge in [0.15, 0.2) is 5.11 Å². The molecule has 1 aromatic heterocycles. The van der Waals surface area contributed by atoms with Gasteiger partial charge >= 0.3 is 0 Å². The lowest BCUT2D eigenvalue weighted by Gasteiger charge is -1.96. The zero-order chi connectivity index (χ0) is 12.5. The fourth-order valence-corrected chi connectivity index (χ4v) is 1.30. The van der Waals surface area contributed by atoms with Crippen LogP contribution in [-0.4, -0.2) is 28.4 Å². The third kappa shape index (κ3) is 5.24. The summed E-state index contributed by atoms with van der Waals surface area (Å²) in [5.41, 5.74) is 6.05. The maximum Gasteiger partial charge on any atom is 0.163 e. The first-order valence-corrected chi connectivity index (χ1v) is 5.59. The van der Waals surface area contributed by atoms with E-state index in [1.54, 1.807) is 0 Å². The summed E-state index contributed by atoms with van der Waals surface area (Å²) in [6.45, 7) is 0.507. The normalized spacial score (nSPS) is 9.24. The molecule has 90 valence electrons. The number of para-hydroxylation sites is 1. The van der Waals surface area contributed by atoms with Gasteiger partial charge in [-0.25, -0.2) is 0 Å². The average molecular weight is 249 g/mol. The molecule has 1 aromatic carbocycles. The van der Waals surface area contributed by atoms with Crippen LogP contribution in [0.2, 0.25) is 0 Å². The van der Waals surface area contributed by atoms with Gasteiger partial charge in [-0.05, 0) is 24.4 Å². The first-order valence-electron chi connectivity index (χ1n) is 5.18. The van der Waals surface area contributed by atoms with Gasteiger partial charge in [-0.15, -0.1) is 0 Å². The van der Waals surface area contributed by atoms with Crippen LogP contribution in [0.3, 0.4) is 0 Å². The average Bonchev–Trinajstić information content (AvgIpc) is 2.37. The lowest BCUT2D eigenvalue weighted by molar-refractivity contribution is 0.300. The molecule has 0 saturated heterocycles. The number of benzene rings is 1. The largest absolute Gasteiger partial charge is 0.395 e. The molecule has 4 nitrogen and oxygen atoms in total. The second-order valence-electron chi connectivity index (χ2n) is 3.21. The third-order valence-corrected chi connectivity index (χ3v) is 2.07. The van der Waals surface area contributed by atoms with Crippen molar-refractivity contribution < 1.29 is 5.11 Å². The molecule has 2 aromatic rings. The van der Waals surface area contributed by atoms with E-state index in [1.165, 1.54) is 5.39 Å². The van der Waals surface area contributed by atoms with Gasteiger partial charge in [0.2, 0.25) is 0 Å². The maximum atomic E-state index is 8.14. The second-order valence-corrected chi connectivity index (χ2v) is 3.65. The summed E-state index contributed by atoms with van der Waals surface area (Å²) in [6, 6.07) is 12.1. The zero-order valence-electron chi connectivity index (χ0n) is 9.34. The lowest BCUT2D eigenvalue weighted by atomic mass is 10.2. The van der Waals surface area contributed by atoms with Crippen molar-refractivity contribution in [3.63, 3.8) is 0 Å². The first kappa shape index (κ1) is 13.3. The Bertz CT molecular complexity index is 411. The number of aliphatic hydroxyl groups excluding tert-OH is 1. The van der Waals surface area contributed by atoms with Gasteiger partial charge in [-0.3, -0.25) is 4.98 Å². The Morgan fingerprint density at radius 2 is 2.00 bits per heavy atom. The molecular formula is C12H15N3OS. The van der Waals surface area contributed by atoms with Crippen molar-refractivity contribution in [1.82, 2.24) is 10.3 Å². The van der Waals surface area contributed by atoms with Gasteiger partial charge in [0.25, 0.3) is 0 Å². The molecule has 0 spiro atoms.